The zero-order valence-corrected chi connectivity index (χ0v) is 18.0. The highest BCUT2D eigenvalue weighted by molar-refractivity contribution is 7.22. The number of rotatable bonds is 6. The Labute approximate surface area is 181 Å². The van der Waals surface area contributed by atoms with E-state index in [-0.39, 0.29) is 22.2 Å². The van der Waals surface area contributed by atoms with Gasteiger partial charge in [0.2, 0.25) is 5.91 Å². The van der Waals surface area contributed by atoms with Gasteiger partial charge in [-0.3, -0.25) is 19.7 Å². The van der Waals surface area contributed by atoms with Gasteiger partial charge in [0.15, 0.2) is 5.13 Å². The average Bonchev–Trinajstić information content (AvgIpc) is 3.06. The molecule has 1 aromatic heterocycles. The van der Waals surface area contributed by atoms with Crippen molar-refractivity contribution in [3.05, 3.63) is 62.7 Å². The monoisotopic (exact) mass is 446 g/mol. The van der Waals surface area contributed by atoms with Crippen LogP contribution >= 0.6 is 22.9 Å². The fraction of sp³-hybridized carbons (Fsp3) is 0.250. The summed E-state index contributed by atoms with van der Waals surface area (Å²) in [6, 6.07) is 8.48. The summed E-state index contributed by atoms with van der Waals surface area (Å²) < 4.78 is 0.943. The van der Waals surface area contributed by atoms with Crippen LogP contribution in [0.2, 0.25) is 5.02 Å². The van der Waals surface area contributed by atoms with Crippen LogP contribution in [-0.4, -0.2) is 27.8 Å². The van der Waals surface area contributed by atoms with Crippen molar-refractivity contribution in [2.24, 2.45) is 5.92 Å². The number of hydrogen-bond donors (Lipinski definition) is 2. The maximum absolute atomic E-state index is 12.8. The molecule has 2 amide bonds. The number of carbonyl (C=O) groups excluding carboxylic acids is 2. The summed E-state index contributed by atoms with van der Waals surface area (Å²) in [5, 5.41) is 16.8. The predicted octanol–water partition coefficient (Wildman–Crippen LogP) is 4.56. The highest BCUT2D eigenvalue weighted by atomic mass is 35.5. The largest absolute Gasteiger partial charge is 0.340 e. The van der Waals surface area contributed by atoms with Crippen LogP contribution in [0.15, 0.2) is 36.4 Å². The number of fused-ring (bicyclic) bond motifs is 1. The molecule has 0 radical (unpaired) electrons. The van der Waals surface area contributed by atoms with Gasteiger partial charge in [0.25, 0.3) is 11.6 Å². The molecule has 2 N–H and O–H groups in total. The van der Waals surface area contributed by atoms with Crippen molar-refractivity contribution in [2.45, 2.75) is 26.8 Å². The first kappa shape index (κ1) is 21.7. The van der Waals surface area contributed by atoms with Crippen LogP contribution < -0.4 is 10.6 Å². The van der Waals surface area contributed by atoms with Crippen LogP contribution in [0.4, 0.5) is 10.8 Å². The number of nitrogens with zero attached hydrogens (tertiary/aromatic N) is 2. The normalized spacial score (nSPS) is 12.0. The van der Waals surface area contributed by atoms with Crippen LogP contribution in [-0.2, 0) is 4.79 Å². The summed E-state index contributed by atoms with van der Waals surface area (Å²) in [6.45, 7) is 5.53. The minimum Gasteiger partial charge on any atom is -0.340 e. The number of nitrogens with one attached hydrogen (secondary N) is 2. The number of aromatic nitrogens is 1. The SMILES string of the molecule is Cc1ccc2nc(NC(=O)[C@H](NC(=O)c3cc([N+](=O)[O-])ccc3Cl)C(C)C)sc2c1. The highest BCUT2D eigenvalue weighted by Gasteiger charge is 2.27. The molecule has 0 spiro atoms. The molecule has 10 heteroatoms. The average molecular weight is 447 g/mol. The zero-order chi connectivity index (χ0) is 22.0. The van der Waals surface area contributed by atoms with Crippen LogP contribution in [0.25, 0.3) is 10.2 Å². The van der Waals surface area contributed by atoms with E-state index in [1.165, 1.54) is 23.5 Å². The van der Waals surface area contributed by atoms with Crippen molar-refractivity contribution in [3.63, 3.8) is 0 Å². The van der Waals surface area contributed by atoms with E-state index in [9.17, 15) is 19.7 Å². The summed E-state index contributed by atoms with van der Waals surface area (Å²) in [5.74, 6) is -1.35. The molecule has 1 atom stereocenters. The Balaban J connectivity index is 1.79. The second kappa shape index (κ2) is 8.76. The molecule has 156 valence electrons. The van der Waals surface area contributed by atoms with Crippen molar-refractivity contribution in [1.29, 1.82) is 0 Å². The maximum atomic E-state index is 12.8. The molecule has 0 aliphatic carbocycles. The van der Waals surface area contributed by atoms with E-state index in [4.69, 9.17) is 11.6 Å². The summed E-state index contributed by atoms with van der Waals surface area (Å²) in [6.07, 6.45) is 0. The van der Waals surface area contributed by atoms with Crippen molar-refractivity contribution < 1.29 is 14.5 Å². The van der Waals surface area contributed by atoms with Gasteiger partial charge in [-0.05, 0) is 36.6 Å². The smallest absolute Gasteiger partial charge is 0.270 e. The third-order valence-corrected chi connectivity index (χ3v) is 5.68. The molecule has 2 aromatic carbocycles. The summed E-state index contributed by atoms with van der Waals surface area (Å²) >= 11 is 7.37. The Morgan fingerprint density at radius 2 is 1.93 bits per heavy atom. The lowest BCUT2D eigenvalue weighted by Crippen LogP contribution is -2.47. The molecule has 8 nitrogen and oxygen atoms in total. The number of nitro groups is 1. The van der Waals surface area contributed by atoms with Gasteiger partial charge in [-0.2, -0.15) is 0 Å². The Kier molecular flexibility index (Phi) is 6.33. The topological polar surface area (TPSA) is 114 Å². The first-order chi connectivity index (χ1) is 14.2. The summed E-state index contributed by atoms with van der Waals surface area (Å²) in [4.78, 5) is 40.3. The lowest BCUT2D eigenvalue weighted by atomic mass is 10.0. The van der Waals surface area contributed by atoms with Gasteiger partial charge >= 0.3 is 0 Å². The van der Waals surface area contributed by atoms with Gasteiger partial charge in [-0.25, -0.2) is 4.98 Å². The van der Waals surface area contributed by atoms with E-state index in [1.54, 1.807) is 13.8 Å². The standard InChI is InChI=1S/C20H19ClN4O4S/c1-10(2)17(23-18(26)13-9-12(25(28)29)5-6-14(13)21)19(27)24-20-22-15-7-4-11(3)8-16(15)30-20/h4-10,17H,1-3H3,(H,23,26)(H,22,24,27)/t17-/m1/s1. The number of non-ortho nitro benzene ring substituents is 1. The Bertz CT molecular complexity index is 1150. The molecule has 30 heavy (non-hydrogen) atoms. The fourth-order valence-corrected chi connectivity index (χ4v) is 3.99. The number of anilines is 1. The van der Waals surface area contributed by atoms with Crippen LogP contribution in [0, 0.1) is 23.0 Å². The Morgan fingerprint density at radius 3 is 2.60 bits per heavy atom. The number of thiazole rings is 1. The second-order valence-corrected chi connectivity index (χ2v) is 8.53. The van der Waals surface area contributed by atoms with Gasteiger partial charge in [0.05, 0.1) is 25.7 Å². The van der Waals surface area contributed by atoms with E-state index in [0.717, 1.165) is 21.8 Å². The van der Waals surface area contributed by atoms with Gasteiger partial charge in [0.1, 0.15) is 6.04 Å². The fourth-order valence-electron chi connectivity index (χ4n) is 2.82. The molecule has 0 aliphatic rings. The number of benzene rings is 2. The molecule has 0 saturated heterocycles. The van der Waals surface area contributed by atoms with E-state index in [2.05, 4.69) is 15.6 Å². The molecule has 0 aliphatic heterocycles. The lowest BCUT2D eigenvalue weighted by Gasteiger charge is -2.21. The molecule has 0 unspecified atom stereocenters. The first-order valence-corrected chi connectivity index (χ1v) is 10.3. The van der Waals surface area contributed by atoms with E-state index >= 15 is 0 Å². The van der Waals surface area contributed by atoms with Crippen LogP contribution in [0.3, 0.4) is 0 Å². The van der Waals surface area contributed by atoms with Crippen molar-refractivity contribution in [2.75, 3.05) is 5.32 Å². The number of aryl methyl sites for hydroxylation is 1. The van der Waals surface area contributed by atoms with Crippen molar-refractivity contribution >= 4 is 55.8 Å². The number of halogens is 1. The lowest BCUT2D eigenvalue weighted by molar-refractivity contribution is -0.384. The minimum absolute atomic E-state index is 0.0579. The molecule has 3 rings (SSSR count). The van der Waals surface area contributed by atoms with Gasteiger partial charge < -0.3 is 10.6 Å². The zero-order valence-electron chi connectivity index (χ0n) is 16.4. The molecule has 1 heterocycles. The second-order valence-electron chi connectivity index (χ2n) is 7.10. The van der Waals surface area contributed by atoms with E-state index < -0.39 is 22.8 Å². The van der Waals surface area contributed by atoms with Crippen molar-refractivity contribution in [1.82, 2.24) is 10.3 Å². The first-order valence-electron chi connectivity index (χ1n) is 9.08. The minimum atomic E-state index is -0.887. The van der Waals surface area contributed by atoms with Gasteiger partial charge in [-0.1, -0.05) is 42.9 Å². The van der Waals surface area contributed by atoms with E-state index in [1.807, 2.05) is 25.1 Å². The molecule has 0 saturated carbocycles. The third kappa shape index (κ3) is 4.74. The van der Waals surface area contributed by atoms with Crippen LogP contribution in [0.1, 0.15) is 29.8 Å². The molecular formula is C20H19ClN4O4S. The van der Waals surface area contributed by atoms with Crippen molar-refractivity contribution in [3.8, 4) is 0 Å². The third-order valence-electron chi connectivity index (χ3n) is 4.42. The number of amides is 2. The molecular weight excluding hydrogens is 428 g/mol. The molecule has 0 fully saturated rings. The number of carbonyl (C=O) groups is 2. The Hall–Kier alpha value is -3.04. The quantitative estimate of drug-likeness (QED) is 0.425. The van der Waals surface area contributed by atoms with Gasteiger partial charge in [-0.15, -0.1) is 0 Å². The van der Waals surface area contributed by atoms with Gasteiger partial charge in [0, 0.05) is 12.1 Å². The maximum Gasteiger partial charge on any atom is 0.270 e. The van der Waals surface area contributed by atoms with Crippen LogP contribution in [0.5, 0.6) is 0 Å². The Morgan fingerprint density at radius 1 is 1.20 bits per heavy atom. The van der Waals surface area contributed by atoms with E-state index in [0.29, 0.717) is 5.13 Å². The summed E-state index contributed by atoms with van der Waals surface area (Å²) in [7, 11) is 0. The predicted molar refractivity (Wildman–Crippen MR) is 117 cm³/mol. The highest BCUT2D eigenvalue weighted by Crippen LogP contribution is 2.27. The summed E-state index contributed by atoms with van der Waals surface area (Å²) in [5.41, 5.74) is 1.53. The number of hydrogen-bond acceptors (Lipinski definition) is 6. The molecule has 3 aromatic rings. The number of nitro benzene ring substituents is 1. The molecule has 0 bridgehead atoms.